The van der Waals surface area contributed by atoms with Gasteiger partial charge in [0.2, 0.25) is 0 Å². The molecule has 0 bridgehead atoms. The Balaban J connectivity index is 3.28. The maximum absolute atomic E-state index is 13.2. The number of hydrogen-bond acceptors (Lipinski definition) is 2. The van der Waals surface area contributed by atoms with Crippen LogP contribution in [0, 0.1) is 12.7 Å². The molecule has 0 unspecified atom stereocenters. The molecule has 3 N–H and O–H groups in total. The van der Waals surface area contributed by atoms with Gasteiger partial charge in [-0.3, -0.25) is 10.2 Å². The number of halogens is 2. The number of hydrogen-bond donors (Lipinski definition) is 2. The first-order valence-corrected chi connectivity index (χ1v) is 4.32. The van der Waals surface area contributed by atoms with E-state index >= 15 is 0 Å². The minimum Gasteiger partial charge on any atom is -0.290 e. The van der Waals surface area contributed by atoms with Gasteiger partial charge in [0.1, 0.15) is 5.82 Å². The fourth-order valence-electron chi connectivity index (χ4n) is 1.06. The van der Waals surface area contributed by atoms with Gasteiger partial charge >= 0.3 is 0 Å². The minimum atomic E-state index is -0.623. The highest BCUT2D eigenvalue weighted by Gasteiger charge is 2.13. The first-order valence-electron chi connectivity index (χ1n) is 3.53. The molecule has 0 saturated carbocycles. The van der Waals surface area contributed by atoms with Crippen molar-refractivity contribution in [3.05, 3.63) is 33.5 Å². The Labute approximate surface area is 83.2 Å². The number of hydrazine groups is 1. The van der Waals surface area contributed by atoms with Crippen molar-refractivity contribution in [3.8, 4) is 0 Å². The lowest BCUT2D eigenvalue weighted by Gasteiger charge is -2.05. The molecule has 0 aliphatic carbocycles. The van der Waals surface area contributed by atoms with E-state index in [4.69, 9.17) is 5.84 Å². The van der Waals surface area contributed by atoms with Crippen LogP contribution in [0.15, 0.2) is 16.6 Å². The molecule has 0 fully saturated rings. The van der Waals surface area contributed by atoms with Crippen LogP contribution in [0.1, 0.15) is 15.9 Å². The third-order valence-corrected chi connectivity index (χ3v) is 2.07. The number of aryl methyl sites for hydroxylation is 1. The van der Waals surface area contributed by atoms with Crippen molar-refractivity contribution in [2.45, 2.75) is 6.92 Å². The highest BCUT2D eigenvalue weighted by Crippen LogP contribution is 2.19. The lowest BCUT2D eigenvalue weighted by molar-refractivity contribution is 0.0949. The summed E-state index contributed by atoms with van der Waals surface area (Å²) in [6.07, 6.45) is 0. The highest BCUT2D eigenvalue weighted by atomic mass is 79.9. The van der Waals surface area contributed by atoms with Crippen molar-refractivity contribution >= 4 is 21.8 Å². The van der Waals surface area contributed by atoms with E-state index < -0.39 is 11.7 Å². The molecule has 70 valence electrons. The van der Waals surface area contributed by atoms with Crippen LogP contribution in [0.25, 0.3) is 0 Å². The lowest BCUT2D eigenvalue weighted by Crippen LogP contribution is -2.31. The maximum Gasteiger partial charge on any atom is 0.268 e. The van der Waals surface area contributed by atoms with Crippen molar-refractivity contribution in [1.82, 2.24) is 5.43 Å². The topological polar surface area (TPSA) is 55.1 Å². The number of nitrogens with two attached hydrogens (primary N) is 1. The predicted octanol–water partition coefficient (Wildman–Crippen LogP) is 1.50. The Bertz CT molecular complexity index is 331. The number of rotatable bonds is 1. The van der Waals surface area contributed by atoms with E-state index in [1.54, 1.807) is 13.0 Å². The minimum absolute atomic E-state index is 0.0225. The molecule has 1 rings (SSSR count). The number of benzene rings is 1. The van der Waals surface area contributed by atoms with Crippen LogP contribution in [0.3, 0.4) is 0 Å². The predicted molar refractivity (Wildman–Crippen MR) is 50.5 cm³/mol. The molecule has 0 saturated heterocycles. The van der Waals surface area contributed by atoms with Crippen LogP contribution < -0.4 is 11.3 Å². The second-order valence-electron chi connectivity index (χ2n) is 2.55. The quantitative estimate of drug-likeness (QED) is 0.449. The van der Waals surface area contributed by atoms with Crippen molar-refractivity contribution in [3.63, 3.8) is 0 Å². The van der Waals surface area contributed by atoms with Crippen LogP contribution in [0.5, 0.6) is 0 Å². The first-order chi connectivity index (χ1) is 6.06. The standard InChI is InChI=1S/C8H8BrFN2O/c1-4-2-5(9)3-6(10)7(4)8(13)12-11/h2-3H,11H2,1H3,(H,12,13). The zero-order valence-electron chi connectivity index (χ0n) is 6.90. The fraction of sp³-hybridized carbons (Fsp3) is 0.125. The van der Waals surface area contributed by atoms with Gasteiger partial charge in [-0.1, -0.05) is 15.9 Å². The molecular formula is C8H8BrFN2O. The number of amides is 1. The van der Waals surface area contributed by atoms with Crippen LogP contribution in [-0.4, -0.2) is 5.91 Å². The van der Waals surface area contributed by atoms with E-state index in [1.165, 1.54) is 6.07 Å². The largest absolute Gasteiger partial charge is 0.290 e. The maximum atomic E-state index is 13.2. The number of nitrogens with one attached hydrogen (secondary N) is 1. The van der Waals surface area contributed by atoms with E-state index in [9.17, 15) is 9.18 Å². The average Bonchev–Trinajstić information content (AvgIpc) is 2.02. The fourth-order valence-corrected chi connectivity index (χ4v) is 1.61. The van der Waals surface area contributed by atoms with Crippen LogP contribution >= 0.6 is 15.9 Å². The molecule has 5 heteroatoms. The molecule has 3 nitrogen and oxygen atoms in total. The third kappa shape index (κ3) is 2.05. The van der Waals surface area contributed by atoms with Gasteiger partial charge in [-0.05, 0) is 24.6 Å². The lowest BCUT2D eigenvalue weighted by atomic mass is 10.1. The molecule has 1 aromatic carbocycles. The smallest absolute Gasteiger partial charge is 0.268 e. The molecule has 13 heavy (non-hydrogen) atoms. The number of nitrogen functional groups attached to an aromatic ring is 1. The van der Waals surface area contributed by atoms with E-state index in [0.29, 0.717) is 10.0 Å². The molecule has 0 heterocycles. The van der Waals surface area contributed by atoms with Crippen LogP contribution in [-0.2, 0) is 0 Å². The zero-order chi connectivity index (χ0) is 10.0. The summed E-state index contributed by atoms with van der Waals surface area (Å²) in [6, 6.07) is 2.87. The van der Waals surface area contributed by atoms with E-state index in [0.717, 1.165) is 0 Å². The van der Waals surface area contributed by atoms with Gasteiger partial charge in [0.25, 0.3) is 5.91 Å². The van der Waals surface area contributed by atoms with Gasteiger partial charge < -0.3 is 0 Å². The molecular weight excluding hydrogens is 239 g/mol. The van der Waals surface area contributed by atoms with Crippen molar-refractivity contribution in [1.29, 1.82) is 0 Å². The second kappa shape index (κ2) is 3.85. The van der Waals surface area contributed by atoms with Gasteiger partial charge in [-0.15, -0.1) is 0 Å². The van der Waals surface area contributed by atoms with Gasteiger partial charge in [0.05, 0.1) is 5.56 Å². The van der Waals surface area contributed by atoms with E-state index in [2.05, 4.69) is 15.9 Å². The summed E-state index contributed by atoms with van der Waals surface area (Å²) in [6.45, 7) is 1.64. The average molecular weight is 247 g/mol. The Hall–Kier alpha value is -0.940. The summed E-state index contributed by atoms with van der Waals surface area (Å²) in [4.78, 5) is 11.1. The highest BCUT2D eigenvalue weighted by molar-refractivity contribution is 9.10. The monoisotopic (exact) mass is 246 g/mol. The molecule has 0 aliphatic heterocycles. The van der Waals surface area contributed by atoms with Crippen LogP contribution in [0.2, 0.25) is 0 Å². The van der Waals surface area contributed by atoms with E-state index in [1.807, 2.05) is 5.43 Å². The SMILES string of the molecule is Cc1cc(Br)cc(F)c1C(=O)NN. The Morgan fingerprint density at radius 2 is 2.23 bits per heavy atom. The summed E-state index contributed by atoms with van der Waals surface area (Å²) < 4.78 is 13.8. The third-order valence-electron chi connectivity index (χ3n) is 1.61. The van der Waals surface area contributed by atoms with Crippen LogP contribution in [0.4, 0.5) is 4.39 Å². The molecule has 1 amide bonds. The Morgan fingerprint density at radius 1 is 1.62 bits per heavy atom. The van der Waals surface area contributed by atoms with Crippen molar-refractivity contribution < 1.29 is 9.18 Å². The summed E-state index contributed by atoms with van der Waals surface area (Å²) in [5.41, 5.74) is 2.40. The molecule has 0 aromatic heterocycles. The normalized spacial score (nSPS) is 9.85. The van der Waals surface area contributed by atoms with Crippen molar-refractivity contribution in [2.75, 3.05) is 0 Å². The number of carbonyl (C=O) groups excluding carboxylic acids is 1. The van der Waals surface area contributed by atoms with Gasteiger partial charge in [-0.2, -0.15) is 0 Å². The Morgan fingerprint density at radius 3 is 2.69 bits per heavy atom. The molecule has 0 radical (unpaired) electrons. The number of carbonyl (C=O) groups is 1. The summed E-state index contributed by atoms with van der Waals surface area (Å²) in [7, 11) is 0. The van der Waals surface area contributed by atoms with E-state index in [-0.39, 0.29) is 5.56 Å². The van der Waals surface area contributed by atoms with Gasteiger partial charge in [0.15, 0.2) is 0 Å². The second-order valence-corrected chi connectivity index (χ2v) is 3.47. The van der Waals surface area contributed by atoms with Crippen molar-refractivity contribution in [2.24, 2.45) is 5.84 Å². The van der Waals surface area contributed by atoms with Gasteiger partial charge in [0, 0.05) is 4.47 Å². The summed E-state index contributed by atoms with van der Waals surface area (Å²) >= 11 is 3.12. The zero-order valence-corrected chi connectivity index (χ0v) is 8.48. The molecule has 0 aliphatic rings. The Kier molecular flexibility index (Phi) is 3.00. The summed E-state index contributed by atoms with van der Waals surface area (Å²) in [5, 5.41) is 0. The summed E-state index contributed by atoms with van der Waals surface area (Å²) in [5.74, 6) is 3.69. The first kappa shape index (κ1) is 10.1. The molecule has 0 atom stereocenters. The van der Waals surface area contributed by atoms with Gasteiger partial charge in [-0.25, -0.2) is 10.2 Å². The molecule has 1 aromatic rings. The molecule has 0 spiro atoms.